The molecule has 0 radical (unpaired) electrons. The Bertz CT molecular complexity index is 836. The largest absolute Gasteiger partial charge is 0.534 e. The van der Waals surface area contributed by atoms with Crippen LogP contribution in [0.15, 0.2) is 28.8 Å². The van der Waals surface area contributed by atoms with Crippen LogP contribution < -0.4 is 0 Å². The molecule has 0 fully saturated rings. The van der Waals surface area contributed by atoms with Gasteiger partial charge in [-0.25, -0.2) is 0 Å². The van der Waals surface area contributed by atoms with E-state index in [1.807, 2.05) is 6.07 Å². The molecule has 8 nitrogen and oxygen atoms in total. The third-order valence-electron chi connectivity index (χ3n) is 3.70. The Morgan fingerprint density at radius 2 is 2.11 bits per heavy atom. The molecule has 27 heavy (non-hydrogen) atoms. The molecule has 0 aromatic rings. The molecule has 0 spiro atoms. The third kappa shape index (κ3) is 4.54. The summed E-state index contributed by atoms with van der Waals surface area (Å²) >= 11 is 0. The highest BCUT2D eigenvalue weighted by Gasteiger charge is 2.53. The summed E-state index contributed by atoms with van der Waals surface area (Å²) in [6, 6.07) is 0.692. The molecule has 2 heterocycles. The van der Waals surface area contributed by atoms with Crippen molar-refractivity contribution < 1.29 is 35.6 Å². The molecule has 2 aliphatic rings. The molecule has 12 heteroatoms. The molecule has 0 amide bonds. The maximum Gasteiger partial charge on any atom is 0.534 e. The van der Waals surface area contributed by atoms with E-state index in [9.17, 15) is 32.0 Å². The van der Waals surface area contributed by atoms with E-state index in [0.29, 0.717) is 0 Å². The summed E-state index contributed by atoms with van der Waals surface area (Å²) in [6.45, 7) is 4.11. The first-order chi connectivity index (χ1) is 12.2. The lowest BCUT2D eigenvalue weighted by Crippen LogP contribution is -2.42. The Labute approximate surface area is 154 Å². The van der Waals surface area contributed by atoms with E-state index in [1.165, 1.54) is 38.1 Å². The Morgan fingerprint density at radius 1 is 1.48 bits per heavy atom. The van der Waals surface area contributed by atoms with Gasteiger partial charge in [0, 0.05) is 12.3 Å². The first kappa shape index (κ1) is 21.0. The zero-order valence-electron chi connectivity index (χ0n) is 14.7. The molecule has 1 unspecified atom stereocenters. The quantitative estimate of drug-likeness (QED) is 0.542. The van der Waals surface area contributed by atoms with Crippen LogP contribution in [0.4, 0.5) is 13.2 Å². The summed E-state index contributed by atoms with van der Waals surface area (Å²) in [7, 11) is -5.97. The molecule has 0 aliphatic carbocycles. The van der Waals surface area contributed by atoms with Crippen molar-refractivity contribution >= 4 is 16.3 Å². The van der Waals surface area contributed by atoms with Crippen LogP contribution in [0.5, 0.6) is 0 Å². The first-order valence-electron chi connectivity index (χ1n) is 7.69. The highest BCUT2D eigenvalue weighted by Crippen LogP contribution is 2.39. The van der Waals surface area contributed by atoms with Crippen LogP contribution in [-0.4, -0.2) is 55.1 Å². The number of hydrogen-bond acceptors (Lipinski definition) is 8. The highest BCUT2D eigenvalue weighted by molar-refractivity contribution is 7.87. The number of halogens is 3. The van der Waals surface area contributed by atoms with Crippen LogP contribution in [0.2, 0.25) is 0 Å². The van der Waals surface area contributed by atoms with E-state index >= 15 is 0 Å². The Morgan fingerprint density at radius 3 is 2.63 bits per heavy atom. The van der Waals surface area contributed by atoms with Gasteiger partial charge in [-0.3, -0.25) is 5.01 Å². The second-order valence-corrected chi connectivity index (χ2v) is 8.44. The van der Waals surface area contributed by atoms with Gasteiger partial charge in [-0.15, -0.1) is 0 Å². The van der Waals surface area contributed by atoms with Crippen LogP contribution in [0.3, 0.4) is 0 Å². The van der Waals surface area contributed by atoms with Crippen molar-refractivity contribution in [1.82, 2.24) is 5.01 Å². The maximum atomic E-state index is 12.8. The minimum absolute atomic E-state index is 0.0191. The van der Waals surface area contributed by atoms with E-state index in [1.54, 1.807) is 0 Å². The normalized spacial score (nSPS) is 25.9. The molecule has 0 aromatic carbocycles. The molecular weight excluding hydrogens is 391 g/mol. The number of ether oxygens (including phenoxy) is 1. The average Bonchev–Trinajstić information content (AvgIpc) is 2.74. The number of hydrogen-bond donors (Lipinski definition) is 1. The number of nitriles is 1. The van der Waals surface area contributed by atoms with Crippen molar-refractivity contribution in [3.8, 4) is 6.07 Å². The fourth-order valence-electron chi connectivity index (χ4n) is 2.39. The maximum absolute atomic E-state index is 12.8. The minimum Gasteiger partial charge on any atom is -0.491 e. The zero-order valence-corrected chi connectivity index (χ0v) is 15.5. The monoisotopic (exact) mass is 409 g/mol. The van der Waals surface area contributed by atoms with Crippen LogP contribution >= 0.6 is 0 Å². The van der Waals surface area contributed by atoms with Crippen molar-refractivity contribution in [2.75, 3.05) is 13.2 Å². The summed E-state index contributed by atoms with van der Waals surface area (Å²) in [5, 5.41) is 24.3. The molecule has 0 saturated heterocycles. The minimum atomic E-state index is -5.97. The lowest BCUT2D eigenvalue weighted by atomic mass is 9.84. The van der Waals surface area contributed by atoms with Gasteiger partial charge in [-0.2, -0.15) is 32.0 Å². The number of rotatable bonds is 5. The van der Waals surface area contributed by atoms with Gasteiger partial charge in [-0.1, -0.05) is 0 Å². The van der Waals surface area contributed by atoms with E-state index in [2.05, 4.69) is 9.28 Å². The van der Waals surface area contributed by atoms with Gasteiger partial charge in [0.05, 0.1) is 18.2 Å². The van der Waals surface area contributed by atoms with Crippen molar-refractivity contribution in [2.24, 2.45) is 10.5 Å². The summed E-state index contributed by atoms with van der Waals surface area (Å²) in [5.74, 6) is -0.678. The third-order valence-corrected chi connectivity index (χ3v) is 4.68. The Balaban J connectivity index is 2.45. The Kier molecular flexibility index (Phi) is 5.24. The molecular formula is C15H18F3N3O5S. The fourth-order valence-corrected chi connectivity index (χ4v) is 2.88. The summed E-state index contributed by atoms with van der Waals surface area (Å²) < 4.78 is 71.1. The van der Waals surface area contributed by atoms with Crippen molar-refractivity contribution in [3.05, 3.63) is 23.7 Å². The Hall–Kier alpha value is -2.26. The number of allylic oxidation sites excluding steroid dienone is 1. The lowest BCUT2D eigenvalue weighted by molar-refractivity contribution is -0.0531. The molecule has 0 aromatic heterocycles. The highest BCUT2D eigenvalue weighted by atomic mass is 32.2. The van der Waals surface area contributed by atoms with Gasteiger partial charge < -0.3 is 14.0 Å². The van der Waals surface area contributed by atoms with Crippen molar-refractivity contribution in [2.45, 2.75) is 37.9 Å². The van der Waals surface area contributed by atoms with Crippen molar-refractivity contribution in [1.29, 1.82) is 5.26 Å². The van der Waals surface area contributed by atoms with E-state index < -0.39 is 38.4 Å². The molecule has 0 saturated carbocycles. The van der Waals surface area contributed by atoms with Crippen molar-refractivity contribution in [3.63, 3.8) is 0 Å². The van der Waals surface area contributed by atoms with E-state index in [-0.39, 0.29) is 18.9 Å². The predicted octanol–water partition coefficient (Wildman–Crippen LogP) is 1.62. The number of nitrogens with zero attached hydrogens (tertiary/aromatic N) is 3. The smallest absolute Gasteiger partial charge is 0.491 e. The summed E-state index contributed by atoms with van der Waals surface area (Å²) in [5.41, 5.74) is -8.31. The molecule has 0 bridgehead atoms. The van der Waals surface area contributed by atoms with Gasteiger partial charge in [0.1, 0.15) is 29.6 Å². The van der Waals surface area contributed by atoms with Gasteiger partial charge in [0.25, 0.3) is 0 Å². The number of alkyl halides is 3. The predicted molar refractivity (Wildman–Crippen MR) is 87.2 cm³/mol. The van der Waals surface area contributed by atoms with E-state index in [0.717, 1.165) is 6.08 Å². The molecule has 150 valence electrons. The van der Waals surface area contributed by atoms with Crippen LogP contribution in [0, 0.1) is 16.7 Å². The number of fused-ring (bicyclic) bond motifs is 1. The van der Waals surface area contributed by atoms with Gasteiger partial charge in [-0.05, 0) is 26.8 Å². The second-order valence-electron chi connectivity index (χ2n) is 6.90. The second kappa shape index (κ2) is 6.72. The topological polar surface area (TPSA) is 112 Å². The first-order valence-corrected chi connectivity index (χ1v) is 9.10. The van der Waals surface area contributed by atoms with E-state index in [4.69, 9.17) is 4.74 Å². The zero-order chi connectivity index (χ0) is 20.7. The average molecular weight is 409 g/mol. The van der Waals surface area contributed by atoms with Crippen LogP contribution in [0.25, 0.3) is 0 Å². The molecule has 2 rings (SSSR count). The van der Waals surface area contributed by atoms with Gasteiger partial charge >= 0.3 is 15.6 Å². The lowest BCUT2D eigenvalue weighted by Gasteiger charge is -2.29. The summed E-state index contributed by atoms with van der Waals surface area (Å²) in [4.78, 5) is 0. The van der Waals surface area contributed by atoms with Crippen LogP contribution in [-0.2, 0) is 19.0 Å². The molecule has 2 atom stereocenters. The van der Waals surface area contributed by atoms with Crippen LogP contribution in [0.1, 0.15) is 20.8 Å². The summed E-state index contributed by atoms with van der Waals surface area (Å²) in [6.07, 6.45) is 3.60. The number of hydrazone groups is 1. The molecule has 1 N–H and O–H groups in total. The molecule has 2 aliphatic heterocycles. The fraction of sp³-hybridized carbons (Fsp3) is 0.600. The van der Waals surface area contributed by atoms with Gasteiger partial charge in [0.2, 0.25) is 0 Å². The van der Waals surface area contributed by atoms with Gasteiger partial charge in [0.15, 0.2) is 0 Å². The SMILES string of the molecule is CC(C)(O)COC1=CCN2N=CC(C)(C#N)[C@H]2C(OS(=O)(=O)C(F)(F)F)=C1. The standard InChI is InChI=1S/C15H18F3N3O5S/c1-13(2,22)9-25-10-4-5-21-12(14(3,7-19)8-20-21)11(6-10)26-27(23,24)15(16,17)18/h4,6,8,12,22H,5,9H2,1-3H3/t12-,14?/m1/s1. The number of aliphatic hydroxyl groups is 1.